The third-order valence-corrected chi connectivity index (χ3v) is 4.66. The van der Waals surface area contributed by atoms with E-state index in [1.807, 2.05) is 30.3 Å². The van der Waals surface area contributed by atoms with E-state index < -0.39 is 23.7 Å². The first kappa shape index (κ1) is 23.7. The van der Waals surface area contributed by atoms with Crippen LogP contribution in [0.1, 0.15) is 31.9 Å². The van der Waals surface area contributed by atoms with Crippen LogP contribution in [0.4, 0.5) is 10.5 Å². The Balaban J connectivity index is 1.82. The van der Waals surface area contributed by atoms with Gasteiger partial charge < -0.3 is 19.9 Å². The summed E-state index contributed by atoms with van der Waals surface area (Å²) in [5.74, 6) is -0.626. The molecular weight excluding hydrogens is 422 g/mol. The summed E-state index contributed by atoms with van der Waals surface area (Å²) in [5.41, 5.74) is 1.88. The number of methoxy groups -OCH3 is 1. The number of hydrogen-bond donors (Lipinski definition) is 2. The van der Waals surface area contributed by atoms with E-state index in [0.29, 0.717) is 11.3 Å². The number of esters is 1. The van der Waals surface area contributed by atoms with Crippen molar-refractivity contribution in [1.29, 1.82) is 0 Å². The number of ether oxygens (including phenoxy) is 2. The van der Waals surface area contributed by atoms with Gasteiger partial charge in [0.2, 0.25) is 0 Å². The number of aliphatic imine (C=N–C) groups is 1. The second-order valence-electron chi connectivity index (χ2n) is 8.43. The van der Waals surface area contributed by atoms with Gasteiger partial charge in [-0.1, -0.05) is 30.3 Å². The molecule has 3 rings (SSSR count). The first-order chi connectivity index (χ1) is 15.7. The molecule has 0 aliphatic heterocycles. The van der Waals surface area contributed by atoms with E-state index in [4.69, 9.17) is 9.47 Å². The zero-order valence-corrected chi connectivity index (χ0v) is 19.0. The first-order valence-corrected chi connectivity index (χ1v) is 10.4. The van der Waals surface area contributed by atoms with Crippen molar-refractivity contribution >= 4 is 34.9 Å². The summed E-state index contributed by atoms with van der Waals surface area (Å²) < 4.78 is 10.1. The Labute approximate surface area is 192 Å². The normalized spacial score (nSPS) is 12.5. The number of para-hydroxylation sites is 1. The maximum Gasteiger partial charge on any atom is 0.408 e. The van der Waals surface area contributed by atoms with Crippen LogP contribution in [-0.4, -0.2) is 47.1 Å². The van der Waals surface area contributed by atoms with Gasteiger partial charge in [-0.15, -0.1) is 0 Å². The molecular formula is C25H27N3O5. The molecule has 2 N–H and O–H groups in total. The number of phenols is 1. The number of pyridine rings is 1. The average molecular weight is 450 g/mol. The standard InChI is InChI=1S/C25H27N3O5/c1-25(2,3)33-24(31)28-20(23(30)32-4)14-16-10-11-21(29)19(13-16)27-15-18-8-5-7-17-9-6-12-26-22(17)18/h5-13,15,20,29H,14H2,1-4H3,(H,28,31). The van der Waals surface area contributed by atoms with Gasteiger partial charge in [0, 0.05) is 29.8 Å². The summed E-state index contributed by atoms with van der Waals surface area (Å²) in [6, 6.07) is 13.4. The fourth-order valence-corrected chi connectivity index (χ4v) is 3.19. The van der Waals surface area contributed by atoms with Crippen molar-refractivity contribution in [3.63, 3.8) is 0 Å². The molecule has 1 amide bonds. The third kappa shape index (κ3) is 6.52. The second-order valence-corrected chi connectivity index (χ2v) is 8.43. The highest BCUT2D eigenvalue weighted by Crippen LogP contribution is 2.28. The molecule has 2 aromatic carbocycles. The van der Waals surface area contributed by atoms with Gasteiger partial charge in [0.15, 0.2) is 0 Å². The minimum atomic E-state index is -0.964. The molecule has 8 nitrogen and oxygen atoms in total. The molecule has 0 saturated heterocycles. The minimum absolute atomic E-state index is 0.0158. The summed E-state index contributed by atoms with van der Waals surface area (Å²) >= 11 is 0. The maximum atomic E-state index is 12.2. The van der Waals surface area contributed by atoms with Crippen LogP contribution in [0.2, 0.25) is 0 Å². The molecule has 0 aliphatic carbocycles. The number of carbonyl (C=O) groups excluding carboxylic acids is 2. The quantitative estimate of drug-likeness (QED) is 0.429. The highest BCUT2D eigenvalue weighted by molar-refractivity contribution is 5.98. The number of amides is 1. The van der Waals surface area contributed by atoms with Crippen molar-refractivity contribution in [2.75, 3.05) is 7.11 Å². The zero-order valence-electron chi connectivity index (χ0n) is 19.0. The van der Waals surface area contributed by atoms with Crippen molar-refractivity contribution in [1.82, 2.24) is 10.3 Å². The molecule has 1 aromatic heterocycles. The molecule has 0 radical (unpaired) electrons. The number of alkyl carbamates (subject to hydrolysis) is 1. The van der Waals surface area contributed by atoms with Gasteiger partial charge in [-0.2, -0.15) is 0 Å². The van der Waals surface area contributed by atoms with Crippen molar-refractivity contribution in [2.45, 2.75) is 38.8 Å². The van der Waals surface area contributed by atoms with Gasteiger partial charge in [0.25, 0.3) is 0 Å². The number of aromatic hydroxyl groups is 1. The zero-order chi connectivity index (χ0) is 24.0. The molecule has 3 aromatic rings. The van der Waals surface area contributed by atoms with Crippen LogP contribution in [0.15, 0.2) is 59.7 Å². The van der Waals surface area contributed by atoms with Crippen LogP contribution in [0.25, 0.3) is 10.9 Å². The molecule has 0 saturated carbocycles. The Morgan fingerprint density at radius 3 is 2.67 bits per heavy atom. The topological polar surface area (TPSA) is 110 Å². The number of carbonyl (C=O) groups is 2. The van der Waals surface area contributed by atoms with E-state index in [1.165, 1.54) is 13.2 Å². The summed E-state index contributed by atoms with van der Waals surface area (Å²) in [4.78, 5) is 33.2. The number of phenolic OH excluding ortho intramolecular Hbond substituents is 1. The van der Waals surface area contributed by atoms with Crippen LogP contribution in [0, 0.1) is 0 Å². The SMILES string of the molecule is COC(=O)C(Cc1ccc(O)c(N=Cc2cccc3cccnc23)c1)NC(=O)OC(C)(C)C. The van der Waals surface area contributed by atoms with E-state index in [0.717, 1.165) is 16.5 Å². The Hall–Kier alpha value is -3.94. The molecule has 33 heavy (non-hydrogen) atoms. The summed E-state index contributed by atoms with van der Waals surface area (Å²) in [6.07, 6.45) is 2.75. The fourth-order valence-electron chi connectivity index (χ4n) is 3.19. The van der Waals surface area contributed by atoms with Gasteiger partial charge in [-0.25, -0.2) is 9.59 Å². The molecule has 1 heterocycles. The Bertz CT molecular complexity index is 1180. The van der Waals surface area contributed by atoms with E-state index >= 15 is 0 Å². The number of aromatic nitrogens is 1. The Morgan fingerprint density at radius 2 is 1.94 bits per heavy atom. The minimum Gasteiger partial charge on any atom is -0.506 e. The molecule has 0 aliphatic rings. The highest BCUT2D eigenvalue weighted by atomic mass is 16.6. The first-order valence-electron chi connectivity index (χ1n) is 10.4. The number of rotatable bonds is 6. The second kappa shape index (κ2) is 10.1. The van der Waals surface area contributed by atoms with Gasteiger partial charge in [0.1, 0.15) is 23.1 Å². The van der Waals surface area contributed by atoms with E-state index in [9.17, 15) is 14.7 Å². The number of benzene rings is 2. The smallest absolute Gasteiger partial charge is 0.408 e. The average Bonchev–Trinajstić information content (AvgIpc) is 2.77. The number of hydrogen-bond acceptors (Lipinski definition) is 7. The summed E-state index contributed by atoms with van der Waals surface area (Å²) in [6.45, 7) is 5.19. The Kier molecular flexibility index (Phi) is 7.27. The lowest BCUT2D eigenvalue weighted by Gasteiger charge is -2.22. The third-order valence-electron chi connectivity index (χ3n) is 4.66. The molecule has 1 unspecified atom stereocenters. The molecule has 1 atom stereocenters. The van der Waals surface area contributed by atoms with Crippen molar-refractivity contribution in [3.8, 4) is 5.75 Å². The Morgan fingerprint density at radius 1 is 1.18 bits per heavy atom. The van der Waals surface area contributed by atoms with Gasteiger partial charge >= 0.3 is 12.1 Å². The van der Waals surface area contributed by atoms with Crippen molar-refractivity contribution < 1.29 is 24.2 Å². The largest absolute Gasteiger partial charge is 0.506 e. The van der Waals surface area contributed by atoms with Crippen LogP contribution in [0.3, 0.4) is 0 Å². The monoisotopic (exact) mass is 449 g/mol. The molecule has 0 bridgehead atoms. The molecule has 8 heteroatoms. The van der Waals surface area contributed by atoms with Crippen molar-refractivity contribution in [3.05, 3.63) is 65.9 Å². The van der Waals surface area contributed by atoms with Crippen LogP contribution >= 0.6 is 0 Å². The van der Waals surface area contributed by atoms with Gasteiger partial charge in [-0.05, 0) is 44.5 Å². The molecule has 0 fully saturated rings. The van der Waals surface area contributed by atoms with Crippen LogP contribution in [0.5, 0.6) is 5.75 Å². The number of fused-ring (bicyclic) bond motifs is 1. The van der Waals surface area contributed by atoms with Gasteiger partial charge in [0.05, 0.1) is 12.6 Å². The van der Waals surface area contributed by atoms with Crippen molar-refractivity contribution in [2.24, 2.45) is 4.99 Å². The van der Waals surface area contributed by atoms with Crippen LogP contribution < -0.4 is 5.32 Å². The van der Waals surface area contributed by atoms with Crippen LogP contribution in [-0.2, 0) is 20.7 Å². The van der Waals surface area contributed by atoms with E-state index in [2.05, 4.69) is 15.3 Å². The van der Waals surface area contributed by atoms with E-state index in [-0.39, 0.29) is 12.2 Å². The lowest BCUT2D eigenvalue weighted by Crippen LogP contribution is -2.45. The lowest BCUT2D eigenvalue weighted by atomic mass is 10.0. The fraction of sp³-hybridized carbons (Fsp3) is 0.280. The van der Waals surface area contributed by atoms with Gasteiger partial charge in [-0.3, -0.25) is 9.98 Å². The highest BCUT2D eigenvalue weighted by Gasteiger charge is 2.25. The molecule has 172 valence electrons. The molecule has 0 spiro atoms. The summed E-state index contributed by atoms with van der Waals surface area (Å²) in [7, 11) is 1.25. The van der Waals surface area contributed by atoms with E-state index in [1.54, 1.807) is 45.3 Å². The maximum absolute atomic E-state index is 12.2. The summed E-state index contributed by atoms with van der Waals surface area (Å²) in [5, 5.41) is 13.8. The number of nitrogens with one attached hydrogen (secondary N) is 1. The lowest BCUT2D eigenvalue weighted by molar-refractivity contribution is -0.143. The number of nitrogens with zero attached hydrogens (tertiary/aromatic N) is 2. The predicted molar refractivity (Wildman–Crippen MR) is 126 cm³/mol. The predicted octanol–water partition coefficient (Wildman–Crippen LogP) is 4.30.